The first-order valence-corrected chi connectivity index (χ1v) is 9.88. The molecule has 1 N–H and O–H groups in total. The zero-order valence-electron chi connectivity index (χ0n) is 13.0. The fourth-order valence-electron chi connectivity index (χ4n) is 2.45. The summed E-state index contributed by atoms with van der Waals surface area (Å²) in [6.45, 7) is 1.49. The molecular weight excluding hydrogens is 348 g/mol. The summed E-state index contributed by atoms with van der Waals surface area (Å²) in [5, 5.41) is 4.67. The third-order valence-electron chi connectivity index (χ3n) is 3.64. The van der Waals surface area contributed by atoms with Crippen molar-refractivity contribution in [2.75, 3.05) is 31.6 Å². The third-order valence-corrected chi connectivity index (χ3v) is 6.41. The van der Waals surface area contributed by atoms with Crippen LogP contribution in [0.2, 0.25) is 0 Å². The van der Waals surface area contributed by atoms with Crippen LogP contribution in [0, 0.1) is 0 Å². The Balaban J connectivity index is 1.72. The van der Waals surface area contributed by atoms with Crippen molar-refractivity contribution >= 4 is 33.0 Å². The lowest BCUT2D eigenvalue weighted by Gasteiger charge is -2.26. The molecule has 1 fully saturated rings. The number of anilines is 1. The number of carbonyl (C=O) groups excluding carboxylic acids is 1. The number of nitrogens with zero attached hydrogens (tertiary/aromatic N) is 1. The van der Waals surface area contributed by atoms with Gasteiger partial charge < -0.3 is 10.1 Å². The van der Waals surface area contributed by atoms with Gasteiger partial charge >= 0.3 is 0 Å². The van der Waals surface area contributed by atoms with Gasteiger partial charge in [-0.1, -0.05) is 12.1 Å². The first kappa shape index (κ1) is 17.1. The van der Waals surface area contributed by atoms with E-state index in [-0.39, 0.29) is 17.2 Å². The van der Waals surface area contributed by atoms with E-state index in [0.717, 1.165) is 4.88 Å². The highest BCUT2D eigenvalue weighted by Gasteiger charge is 2.26. The van der Waals surface area contributed by atoms with E-state index in [9.17, 15) is 13.2 Å². The fourth-order valence-corrected chi connectivity index (χ4v) is 4.60. The van der Waals surface area contributed by atoms with E-state index >= 15 is 0 Å². The summed E-state index contributed by atoms with van der Waals surface area (Å²) < 4.78 is 31.9. The molecule has 0 bridgehead atoms. The Morgan fingerprint density at radius 3 is 2.71 bits per heavy atom. The maximum Gasteiger partial charge on any atom is 0.243 e. The van der Waals surface area contributed by atoms with Crippen LogP contribution in [0.3, 0.4) is 0 Å². The van der Waals surface area contributed by atoms with Gasteiger partial charge in [0, 0.05) is 23.7 Å². The Labute approximate surface area is 145 Å². The summed E-state index contributed by atoms with van der Waals surface area (Å²) >= 11 is 1.51. The molecule has 128 valence electrons. The minimum absolute atomic E-state index is 0.168. The molecular formula is C16H18N2O4S2. The Hall–Kier alpha value is -1.74. The molecule has 1 aliphatic heterocycles. The summed E-state index contributed by atoms with van der Waals surface area (Å²) in [5.41, 5.74) is 0.478. The molecule has 1 aromatic carbocycles. The topological polar surface area (TPSA) is 75.7 Å². The minimum atomic E-state index is -3.57. The van der Waals surface area contributed by atoms with Crippen LogP contribution < -0.4 is 5.32 Å². The molecule has 1 saturated heterocycles. The number of hydrogen-bond acceptors (Lipinski definition) is 5. The zero-order chi connectivity index (χ0) is 17.0. The van der Waals surface area contributed by atoms with E-state index < -0.39 is 10.0 Å². The first-order chi connectivity index (χ1) is 11.6. The van der Waals surface area contributed by atoms with Crippen molar-refractivity contribution in [3.05, 3.63) is 46.7 Å². The van der Waals surface area contributed by atoms with Crippen molar-refractivity contribution < 1.29 is 17.9 Å². The number of nitrogens with one attached hydrogen (secondary N) is 1. The fraction of sp³-hybridized carbons (Fsp3) is 0.312. The van der Waals surface area contributed by atoms with Gasteiger partial charge in [0.1, 0.15) is 0 Å². The number of carbonyl (C=O) groups is 1. The molecule has 1 aliphatic rings. The van der Waals surface area contributed by atoms with Gasteiger partial charge in [-0.15, -0.1) is 11.3 Å². The number of benzene rings is 1. The van der Waals surface area contributed by atoms with Crippen LogP contribution in [0.1, 0.15) is 4.88 Å². The van der Waals surface area contributed by atoms with E-state index in [1.807, 2.05) is 17.5 Å². The van der Waals surface area contributed by atoms with Crippen LogP contribution in [0.5, 0.6) is 0 Å². The molecule has 3 rings (SSSR count). The number of rotatable bonds is 5. The highest BCUT2D eigenvalue weighted by Crippen LogP contribution is 2.21. The van der Waals surface area contributed by atoms with Crippen LogP contribution >= 0.6 is 11.3 Å². The predicted molar refractivity (Wildman–Crippen MR) is 92.7 cm³/mol. The van der Waals surface area contributed by atoms with Crippen LogP contribution in [-0.2, 0) is 26.0 Å². The van der Waals surface area contributed by atoms with Crippen molar-refractivity contribution in [2.24, 2.45) is 0 Å². The molecule has 0 unspecified atom stereocenters. The molecule has 0 aliphatic carbocycles. The SMILES string of the molecule is O=C(Cc1cccs1)Nc1cccc(S(=O)(=O)N2CCOCC2)c1. The first-order valence-electron chi connectivity index (χ1n) is 7.56. The van der Waals surface area contributed by atoms with Crippen molar-refractivity contribution in [3.8, 4) is 0 Å². The van der Waals surface area contributed by atoms with Gasteiger partial charge in [0.25, 0.3) is 0 Å². The van der Waals surface area contributed by atoms with Crippen LogP contribution in [0.4, 0.5) is 5.69 Å². The van der Waals surface area contributed by atoms with Crippen molar-refractivity contribution in [2.45, 2.75) is 11.3 Å². The van der Waals surface area contributed by atoms with Gasteiger partial charge in [-0.3, -0.25) is 4.79 Å². The summed E-state index contributed by atoms with van der Waals surface area (Å²) in [4.78, 5) is 13.2. The van der Waals surface area contributed by atoms with Gasteiger partial charge in [0.15, 0.2) is 0 Å². The Bertz CT molecular complexity index is 797. The molecule has 1 amide bonds. The number of sulfonamides is 1. The molecule has 0 saturated carbocycles. The highest BCUT2D eigenvalue weighted by molar-refractivity contribution is 7.89. The number of amides is 1. The standard InChI is InChI=1S/C16H18N2O4S2/c19-16(12-14-4-2-10-23-14)17-13-3-1-5-15(11-13)24(20,21)18-6-8-22-9-7-18/h1-5,10-11H,6-9,12H2,(H,17,19). The van der Waals surface area contributed by atoms with Crippen molar-refractivity contribution in [1.82, 2.24) is 4.31 Å². The maximum absolute atomic E-state index is 12.6. The smallest absolute Gasteiger partial charge is 0.243 e. The Morgan fingerprint density at radius 1 is 1.21 bits per heavy atom. The number of hydrogen-bond donors (Lipinski definition) is 1. The van der Waals surface area contributed by atoms with Gasteiger partial charge in [-0.05, 0) is 29.6 Å². The molecule has 8 heteroatoms. The van der Waals surface area contributed by atoms with Crippen LogP contribution in [0.15, 0.2) is 46.7 Å². The van der Waals surface area contributed by atoms with Gasteiger partial charge in [0.05, 0.1) is 24.5 Å². The monoisotopic (exact) mass is 366 g/mol. The second kappa shape index (κ2) is 7.43. The molecule has 1 aromatic heterocycles. The molecule has 2 aromatic rings. The van der Waals surface area contributed by atoms with Crippen molar-refractivity contribution in [1.29, 1.82) is 0 Å². The maximum atomic E-state index is 12.6. The minimum Gasteiger partial charge on any atom is -0.379 e. The summed E-state index contributed by atoms with van der Waals surface area (Å²) in [6.07, 6.45) is 0.276. The highest BCUT2D eigenvalue weighted by atomic mass is 32.2. The zero-order valence-corrected chi connectivity index (χ0v) is 14.6. The lowest BCUT2D eigenvalue weighted by atomic mass is 10.3. The molecule has 0 spiro atoms. The average Bonchev–Trinajstić information content (AvgIpc) is 3.08. The van der Waals surface area contributed by atoms with Gasteiger partial charge in [-0.2, -0.15) is 4.31 Å². The molecule has 2 heterocycles. The average molecular weight is 366 g/mol. The van der Waals surface area contributed by atoms with Crippen molar-refractivity contribution in [3.63, 3.8) is 0 Å². The van der Waals surface area contributed by atoms with Gasteiger partial charge in [0.2, 0.25) is 15.9 Å². The summed E-state index contributed by atoms with van der Waals surface area (Å²) in [5.74, 6) is -0.168. The van der Waals surface area contributed by atoms with Crippen LogP contribution in [-0.4, -0.2) is 44.9 Å². The van der Waals surface area contributed by atoms with E-state index in [0.29, 0.717) is 32.0 Å². The number of thiophene rings is 1. The van der Waals surface area contributed by atoms with Gasteiger partial charge in [-0.25, -0.2) is 8.42 Å². The predicted octanol–water partition coefficient (Wildman–Crippen LogP) is 1.95. The normalized spacial score (nSPS) is 16.0. The second-order valence-corrected chi connectivity index (χ2v) is 8.32. The Morgan fingerprint density at radius 2 is 2.00 bits per heavy atom. The number of ether oxygens (including phenoxy) is 1. The molecule has 6 nitrogen and oxygen atoms in total. The van der Waals surface area contributed by atoms with E-state index in [1.54, 1.807) is 18.2 Å². The Kier molecular flexibility index (Phi) is 5.30. The van der Waals surface area contributed by atoms with E-state index in [1.165, 1.54) is 21.7 Å². The van der Waals surface area contributed by atoms with Crippen LogP contribution in [0.25, 0.3) is 0 Å². The van der Waals surface area contributed by atoms with E-state index in [2.05, 4.69) is 5.32 Å². The quantitative estimate of drug-likeness (QED) is 0.878. The summed E-state index contributed by atoms with van der Waals surface area (Å²) in [6, 6.07) is 10.1. The number of morpholine rings is 1. The van der Waals surface area contributed by atoms with E-state index in [4.69, 9.17) is 4.74 Å². The summed E-state index contributed by atoms with van der Waals surface area (Å²) in [7, 11) is -3.57. The lowest BCUT2D eigenvalue weighted by molar-refractivity contribution is -0.115. The molecule has 24 heavy (non-hydrogen) atoms. The largest absolute Gasteiger partial charge is 0.379 e. The molecule has 0 atom stereocenters. The second-order valence-electron chi connectivity index (χ2n) is 5.35. The lowest BCUT2D eigenvalue weighted by Crippen LogP contribution is -2.40. The third kappa shape index (κ3) is 4.02. The molecule has 0 radical (unpaired) electrons.